The Labute approximate surface area is 110 Å². The zero-order valence-electron chi connectivity index (χ0n) is 10.4. The van der Waals surface area contributed by atoms with Gasteiger partial charge in [-0.25, -0.2) is 4.68 Å². The van der Waals surface area contributed by atoms with Crippen molar-refractivity contribution < 1.29 is 4.52 Å². The molecule has 0 fully saturated rings. The van der Waals surface area contributed by atoms with E-state index in [1.807, 2.05) is 53.3 Å². The van der Waals surface area contributed by atoms with Gasteiger partial charge in [0.25, 0.3) is 0 Å². The second-order valence-electron chi connectivity index (χ2n) is 4.18. The highest BCUT2D eigenvalue weighted by Crippen LogP contribution is 2.06. The summed E-state index contributed by atoms with van der Waals surface area (Å²) in [5.74, 6) is 0. The number of nitrogens with zero attached hydrogens (tertiary/aromatic N) is 3. The van der Waals surface area contributed by atoms with Crippen molar-refractivity contribution in [3.05, 3.63) is 66.3 Å². The number of nitrogens with one attached hydrogen (secondary N) is 1. The summed E-state index contributed by atoms with van der Waals surface area (Å²) in [6, 6.07) is 13.9. The predicted octanol–water partition coefficient (Wildman–Crippen LogP) is 2.15. The van der Waals surface area contributed by atoms with Crippen LogP contribution >= 0.6 is 0 Å². The van der Waals surface area contributed by atoms with E-state index in [-0.39, 0.29) is 0 Å². The average molecular weight is 254 g/mol. The molecule has 5 heteroatoms. The maximum Gasteiger partial charge on any atom is 0.124 e. The van der Waals surface area contributed by atoms with Crippen molar-refractivity contribution in [2.24, 2.45) is 0 Å². The molecule has 0 radical (unpaired) electrons. The van der Waals surface area contributed by atoms with Gasteiger partial charge in [0.15, 0.2) is 0 Å². The van der Waals surface area contributed by atoms with E-state index in [1.165, 1.54) is 0 Å². The number of hydrogen-bond donors (Lipinski definition) is 1. The number of hydrogen-bond acceptors (Lipinski definition) is 4. The molecule has 0 amide bonds. The van der Waals surface area contributed by atoms with Crippen molar-refractivity contribution in [3.8, 4) is 5.69 Å². The quantitative estimate of drug-likeness (QED) is 0.758. The summed E-state index contributed by atoms with van der Waals surface area (Å²) in [4.78, 5) is 0. The van der Waals surface area contributed by atoms with E-state index in [1.54, 1.807) is 6.26 Å². The first-order valence-corrected chi connectivity index (χ1v) is 6.12. The van der Waals surface area contributed by atoms with E-state index in [0.29, 0.717) is 13.1 Å². The lowest BCUT2D eigenvalue weighted by Crippen LogP contribution is -2.13. The normalized spacial score (nSPS) is 10.7. The van der Waals surface area contributed by atoms with E-state index in [2.05, 4.69) is 15.6 Å². The van der Waals surface area contributed by atoms with E-state index in [9.17, 15) is 0 Å². The van der Waals surface area contributed by atoms with Crippen molar-refractivity contribution in [3.63, 3.8) is 0 Å². The topological polar surface area (TPSA) is 55.9 Å². The Balaban J connectivity index is 1.59. The van der Waals surface area contributed by atoms with Crippen LogP contribution in [-0.2, 0) is 13.1 Å². The highest BCUT2D eigenvalue weighted by Gasteiger charge is 2.01. The highest BCUT2D eigenvalue weighted by atomic mass is 16.5. The Hall–Kier alpha value is -2.40. The zero-order valence-corrected chi connectivity index (χ0v) is 10.4. The second kappa shape index (κ2) is 5.49. The molecule has 1 N–H and O–H groups in total. The fourth-order valence-corrected chi connectivity index (χ4v) is 1.83. The molecule has 3 aromatic rings. The number of rotatable bonds is 5. The molecule has 1 aromatic carbocycles. The lowest BCUT2D eigenvalue weighted by Gasteiger charge is -2.01. The van der Waals surface area contributed by atoms with Crippen molar-refractivity contribution in [2.45, 2.75) is 13.1 Å². The summed E-state index contributed by atoms with van der Waals surface area (Å²) in [6.45, 7) is 1.38. The number of aromatic nitrogens is 3. The van der Waals surface area contributed by atoms with Crippen LogP contribution in [0.5, 0.6) is 0 Å². The van der Waals surface area contributed by atoms with Crippen LogP contribution in [0, 0.1) is 0 Å². The Morgan fingerprint density at radius 3 is 2.63 bits per heavy atom. The molecule has 0 aliphatic carbocycles. The van der Waals surface area contributed by atoms with E-state index in [0.717, 1.165) is 17.1 Å². The third kappa shape index (κ3) is 2.89. The van der Waals surface area contributed by atoms with E-state index in [4.69, 9.17) is 4.52 Å². The molecule has 2 heterocycles. The van der Waals surface area contributed by atoms with E-state index < -0.39 is 0 Å². The van der Waals surface area contributed by atoms with Crippen LogP contribution < -0.4 is 5.32 Å². The molecule has 0 unspecified atom stereocenters. The highest BCUT2D eigenvalue weighted by molar-refractivity contribution is 5.30. The third-order valence-electron chi connectivity index (χ3n) is 2.77. The maximum absolute atomic E-state index is 4.77. The maximum atomic E-state index is 4.77. The molecule has 0 bridgehead atoms. The first kappa shape index (κ1) is 11.7. The van der Waals surface area contributed by atoms with Gasteiger partial charge >= 0.3 is 0 Å². The molecule has 96 valence electrons. The van der Waals surface area contributed by atoms with Gasteiger partial charge in [0, 0.05) is 25.4 Å². The molecule has 5 nitrogen and oxygen atoms in total. The molecule has 19 heavy (non-hydrogen) atoms. The lowest BCUT2D eigenvalue weighted by molar-refractivity contribution is 0.408. The van der Waals surface area contributed by atoms with Crippen LogP contribution in [0.3, 0.4) is 0 Å². The van der Waals surface area contributed by atoms with E-state index >= 15 is 0 Å². The second-order valence-corrected chi connectivity index (χ2v) is 4.18. The van der Waals surface area contributed by atoms with Gasteiger partial charge in [-0.2, -0.15) is 5.10 Å². The van der Waals surface area contributed by atoms with Crippen LogP contribution in [0.15, 0.2) is 59.4 Å². The third-order valence-corrected chi connectivity index (χ3v) is 2.77. The summed E-state index contributed by atoms with van der Waals surface area (Å²) in [5, 5.41) is 11.6. The monoisotopic (exact) mass is 254 g/mol. The smallest absolute Gasteiger partial charge is 0.124 e. The fourth-order valence-electron chi connectivity index (χ4n) is 1.83. The van der Waals surface area contributed by atoms with Gasteiger partial charge in [0.05, 0.1) is 17.1 Å². The van der Waals surface area contributed by atoms with Gasteiger partial charge in [-0.3, -0.25) is 0 Å². The predicted molar refractivity (Wildman–Crippen MR) is 70.6 cm³/mol. The van der Waals surface area contributed by atoms with Crippen molar-refractivity contribution in [2.75, 3.05) is 0 Å². The van der Waals surface area contributed by atoms with Crippen LogP contribution in [0.1, 0.15) is 11.4 Å². The molecular weight excluding hydrogens is 240 g/mol. The molecule has 0 saturated heterocycles. The summed E-state index contributed by atoms with van der Waals surface area (Å²) < 4.78 is 6.64. The molecular formula is C14H14N4O. The molecule has 0 atom stereocenters. The minimum absolute atomic E-state index is 0.675. The van der Waals surface area contributed by atoms with Crippen molar-refractivity contribution in [1.82, 2.24) is 20.3 Å². The minimum atomic E-state index is 0.675. The Bertz CT molecular complexity index is 616. The summed E-state index contributed by atoms with van der Waals surface area (Å²) >= 11 is 0. The first-order chi connectivity index (χ1) is 9.42. The van der Waals surface area contributed by atoms with Gasteiger partial charge in [-0.05, 0) is 18.2 Å². The molecule has 0 spiro atoms. The van der Waals surface area contributed by atoms with Crippen LogP contribution in [0.25, 0.3) is 5.69 Å². The fraction of sp³-hybridized carbons (Fsp3) is 0.143. The van der Waals surface area contributed by atoms with Gasteiger partial charge in [0.2, 0.25) is 0 Å². The van der Waals surface area contributed by atoms with Crippen LogP contribution in [-0.4, -0.2) is 14.9 Å². The van der Waals surface area contributed by atoms with Gasteiger partial charge in [-0.15, -0.1) is 0 Å². The van der Waals surface area contributed by atoms with Crippen molar-refractivity contribution >= 4 is 0 Å². The lowest BCUT2D eigenvalue weighted by atomic mass is 10.3. The summed E-state index contributed by atoms with van der Waals surface area (Å²) in [6.07, 6.45) is 3.53. The molecule has 2 aromatic heterocycles. The molecule has 0 saturated carbocycles. The van der Waals surface area contributed by atoms with Gasteiger partial charge in [0.1, 0.15) is 6.26 Å². The summed E-state index contributed by atoms with van der Waals surface area (Å²) in [7, 11) is 0. The van der Waals surface area contributed by atoms with Crippen LogP contribution in [0.4, 0.5) is 0 Å². The Morgan fingerprint density at radius 2 is 1.84 bits per heavy atom. The number of benzene rings is 1. The molecule has 0 aliphatic rings. The van der Waals surface area contributed by atoms with Crippen LogP contribution in [0.2, 0.25) is 0 Å². The number of para-hydroxylation sites is 1. The van der Waals surface area contributed by atoms with Gasteiger partial charge < -0.3 is 9.84 Å². The first-order valence-electron chi connectivity index (χ1n) is 6.12. The van der Waals surface area contributed by atoms with Crippen molar-refractivity contribution in [1.29, 1.82) is 0 Å². The molecule has 0 aliphatic heterocycles. The summed E-state index contributed by atoms with van der Waals surface area (Å²) in [5.41, 5.74) is 2.94. The minimum Gasteiger partial charge on any atom is -0.364 e. The van der Waals surface area contributed by atoms with Gasteiger partial charge in [-0.1, -0.05) is 23.4 Å². The zero-order chi connectivity index (χ0) is 12.9. The largest absolute Gasteiger partial charge is 0.364 e. The Kier molecular flexibility index (Phi) is 3.38. The SMILES string of the molecule is c1ccc(-n2ccc(CNCc3ccon3)n2)cc1. The average Bonchev–Trinajstić information content (AvgIpc) is 3.11. The standard InChI is InChI=1S/C14H14N4O/c1-2-4-14(5-3-1)18-8-6-12(16-18)10-15-11-13-7-9-19-17-13/h1-9,15H,10-11H2. The Morgan fingerprint density at radius 1 is 1.00 bits per heavy atom. The molecule has 3 rings (SSSR count).